The van der Waals surface area contributed by atoms with Gasteiger partial charge in [0, 0.05) is 26.2 Å². The highest BCUT2D eigenvalue weighted by atomic mass is 32.1. The first-order chi connectivity index (χ1) is 17.2. The molecule has 3 saturated heterocycles. The quantitative estimate of drug-likeness (QED) is 0.426. The largest absolute Gasteiger partial charge is 0.472 e. The number of rotatable bonds is 8. The van der Waals surface area contributed by atoms with Crippen LogP contribution < -0.4 is 19.3 Å². The molecule has 0 amide bonds. The first-order valence-electron chi connectivity index (χ1n) is 11.4. The van der Waals surface area contributed by atoms with Gasteiger partial charge < -0.3 is 48.4 Å². The Hall–Kier alpha value is -1.92. The molecule has 0 spiro atoms. The van der Waals surface area contributed by atoms with Crippen LogP contribution >= 0.6 is 23.5 Å². The van der Waals surface area contributed by atoms with Crippen molar-refractivity contribution in [3.8, 4) is 11.8 Å². The SMILES string of the molecule is OC1C(COc2nsnc2N2CCOCC2)OCOC(COc2nsnc2N2CCOCC2)C1O. The highest BCUT2D eigenvalue weighted by Crippen LogP contribution is 2.29. The molecule has 3 aliphatic rings. The van der Waals surface area contributed by atoms with Crippen LogP contribution in [0.25, 0.3) is 0 Å². The summed E-state index contributed by atoms with van der Waals surface area (Å²) in [5.74, 6) is 1.99. The fourth-order valence-corrected chi connectivity index (χ4v) is 4.98. The average Bonchev–Trinajstić information content (AvgIpc) is 3.55. The maximum atomic E-state index is 10.8. The summed E-state index contributed by atoms with van der Waals surface area (Å²) in [6.45, 7) is 5.01. The second-order valence-electron chi connectivity index (χ2n) is 8.12. The lowest BCUT2D eigenvalue weighted by atomic mass is 10.0. The number of aliphatic hydroxyl groups excluding tert-OH is 2. The van der Waals surface area contributed by atoms with Crippen molar-refractivity contribution in [2.75, 3.05) is 82.4 Å². The van der Waals surface area contributed by atoms with Crippen molar-refractivity contribution in [2.24, 2.45) is 0 Å². The van der Waals surface area contributed by atoms with Crippen LogP contribution in [0, 0.1) is 0 Å². The maximum absolute atomic E-state index is 10.8. The Morgan fingerprint density at radius 3 is 1.57 bits per heavy atom. The maximum Gasteiger partial charge on any atom is 0.270 e. The fourth-order valence-electron chi connectivity index (χ4n) is 3.94. The Kier molecular flexibility index (Phi) is 8.40. The Morgan fingerprint density at radius 1 is 0.714 bits per heavy atom. The first kappa shape index (κ1) is 24.8. The Bertz CT molecular complexity index is 853. The number of morpholine rings is 2. The molecule has 4 unspecified atom stereocenters. The standard InChI is InChI=1S/C19H28N6O8S2/c26-14-12(9-30-18-16(20-34-22-18)24-1-5-28-6-2-24)32-11-33-13(15(14)27)10-31-19-17(21-35-23-19)25-3-7-29-8-4-25/h12-15,26-27H,1-11H2. The van der Waals surface area contributed by atoms with E-state index in [9.17, 15) is 10.2 Å². The van der Waals surface area contributed by atoms with Crippen molar-refractivity contribution >= 4 is 35.1 Å². The summed E-state index contributed by atoms with van der Waals surface area (Å²) in [5.41, 5.74) is 0. The zero-order valence-electron chi connectivity index (χ0n) is 18.9. The number of hydrogen-bond donors (Lipinski definition) is 2. The van der Waals surface area contributed by atoms with E-state index >= 15 is 0 Å². The molecule has 2 aromatic rings. The second kappa shape index (κ2) is 11.9. The summed E-state index contributed by atoms with van der Waals surface area (Å²) < 4.78 is 50.7. The van der Waals surface area contributed by atoms with Gasteiger partial charge in [0.1, 0.15) is 44.4 Å². The molecular formula is C19H28N6O8S2. The van der Waals surface area contributed by atoms with E-state index in [0.717, 1.165) is 23.5 Å². The molecule has 16 heteroatoms. The van der Waals surface area contributed by atoms with Crippen molar-refractivity contribution in [2.45, 2.75) is 24.4 Å². The van der Waals surface area contributed by atoms with Crippen molar-refractivity contribution in [3.63, 3.8) is 0 Å². The van der Waals surface area contributed by atoms with Gasteiger partial charge in [-0.2, -0.15) is 8.75 Å². The lowest BCUT2D eigenvalue weighted by molar-refractivity contribution is -0.119. The van der Waals surface area contributed by atoms with E-state index < -0.39 is 24.4 Å². The van der Waals surface area contributed by atoms with E-state index in [0.29, 0.717) is 76.0 Å². The predicted molar refractivity (Wildman–Crippen MR) is 123 cm³/mol. The zero-order valence-corrected chi connectivity index (χ0v) is 20.6. The van der Waals surface area contributed by atoms with Crippen molar-refractivity contribution in [1.29, 1.82) is 0 Å². The monoisotopic (exact) mass is 532 g/mol. The van der Waals surface area contributed by atoms with Crippen molar-refractivity contribution in [3.05, 3.63) is 0 Å². The van der Waals surface area contributed by atoms with Gasteiger partial charge in [-0.3, -0.25) is 0 Å². The van der Waals surface area contributed by atoms with E-state index in [-0.39, 0.29) is 20.0 Å². The molecular weight excluding hydrogens is 504 g/mol. The van der Waals surface area contributed by atoms with Crippen LogP contribution in [-0.4, -0.2) is 125 Å². The topological polar surface area (TPSA) is 154 Å². The van der Waals surface area contributed by atoms with Gasteiger partial charge in [0.15, 0.2) is 0 Å². The lowest BCUT2D eigenvalue weighted by Crippen LogP contribution is -2.47. The van der Waals surface area contributed by atoms with Crippen LogP contribution in [0.5, 0.6) is 11.8 Å². The van der Waals surface area contributed by atoms with Gasteiger partial charge in [0.25, 0.3) is 11.8 Å². The molecule has 0 aliphatic carbocycles. The van der Waals surface area contributed by atoms with Gasteiger partial charge in [-0.1, -0.05) is 0 Å². The van der Waals surface area contributed by atoms with E-state index in [1.807, 2.05) is 9.80 Å². The number of ether oxygens (including phenoxy) is 6. The third kappa shape index (κ3) is 5.91. The minimum absolute atomic E-state index is 0.0326. The van der Waals surface area contributed by atoms with Crippen molar-refractivity contribution in [1.82, 2.24) is 17.5 Å². The van der Waals surface area contributed by atoms with Gasteiger partial charge in [-0.15, -0.1) is 8.75 Å². The van der Waals surface area contributed by atoms with Gasteiger partial charge in [-0.25, -0.2) is 0 Å². The molecule has 2 aromatic heterocycles. The van der Waals surface area contributed by atoms with Crippen LogP contribution in [0.4, 0.5) is 11.6 Å². The number of hydrogen-bond acceptors (Lipinski definition) is 16. The highest BCUT2D eigenvalue weighted by molar-refractivity contribution is 6.99. The normalized spacial score (nSPS) is 28.1. The predicted octanol–water partition coefficient (Wildman–Crippen LogP) is -1.02. The van der Waals surface area contributed by atoms with Crippen LogP contribution in [0.1, 0.15) is 0 Å². The third-order valence-corrected chi connectivity index (χ3v) is 6.95. The molecule has 3 fully saturated rings. The lowest BCUT2D eigenvalue weighted by Gasteiger charge is -2.28. The van der Waals surface area contributed by atoms with E-state index in [1.54, 1.807) is 0 Å². The van der Waals surface area contributed by atoms with Crippen LogP contribution in [0.3, 0.4) is 0 Å². The van der Waals surface area contributed by atoms with Crippen LogP contribution in [0.2, 0.25) is 0 Å². The average molecular weight is 533 g/mol. The van der Waals surface area contributed by atoms with E-state index in [4.69, 9.17) is 28.4 Å². The number of aliphatic hydroxyl groups is 2. The van der Waals surface area contributed by atoms with Crippen LogP contribution in [-0.2, 0) is 18.9 Å². The molecule has 0 aromatic carbocycles. The number of aromatic nitrogens is 4. The summed E-state index contributed by atoms with van der Waals surface area (Å²) in [6.07, 6.45) is -4.20. The van der Waals surface area contributed by atoms with Crippen molar-refractivity contribution < 1.29 is 38.6 Å². The minimum atomic E-state index is -1.27. The third-order valence-electron chi connectivity index (χ3n) is 5.95. The molecule has 0 saturated carbocycles. The summed E-state index contributed by atoms with van der Waals surface area (Å²) in [5, 5.41) is 21.5. The molecule has 5 rings (SSSR count). The van der Waals surface area contributed by atoms with Gasteiger partial charge in [-0.05, 0) is 0 Å². The molecule has 3 aliphatic heterocycles. The smallest absolute Gasteiger partial charge is 0.270 e. The Labute approximate surface area is 209 Å². The molecule has 5 heterocycles. The van der Waals surface area contributed by atoms with Gasteiger partial charge in [0.2, 0.25) is 11.6 Å². The molecule has 0 radical (unpaired) electrons. The molecule has 2 N–H and O–H groups in total. The summed E-state index contributed by atoms with van der Waals surface area (Å²) in [7, 11) is 0. The minimum Gasteiger partial charge on any atom is -0.472 e. The first-order valence-corrected chi connectivity index (χ1v) is 12.8. The summed E-state index contributed by atoms with van der Waals surface area (Å²) in [6, 6.07) is 0. The number of anilines is 2. The van der Waals surface area contributed by atoms with Gasteiger partial charge >= 0.3 is 0 Å². The highest BCUT2D eigenvalue weighted by Gasteiger charge is 2.38. The fraction of sp³-hybridized carbons (Fsp3) is 0.789. The second-order valence-corrected chi connectivity index (χ2v) is 9.17. The molecule has 4 atom stereocenters. The summed E-state index contributed by atoms with van der Waals surface area (Å²) >= 11 is 2.09. The Morgan fingerprint density at radius 2 is 1.14 bits per heavy atom. The molecule has 14 nitrogen and oxygen atoms in total. The number of nitrogens with zero attached hydrogens (tertiary/aromatic N) is 6. The zero-order chi connectivity index (χ0) is 24.0. The van der Waals surface area contributed by atoms with Gasteiger partial charge in [0.05, 0.1) is 49.9 Å². The molecule has 194 valence electrons. The Balaban J connectivity index is 1.15. The van der Waals surface area contributed by atoms with Crippen LogP contribution in [0.15, 0.2) is 0 Å². The van der Waals surface area contributed by atoms with E-state index in [2.05, 4.69) is 17.5 Å². The summed E-state index contributed by atoms with van der Waals surface area (Å²) in [4.78, 5) is 4.08. The van der Waals surface area contributed by atoms with E-state index in [1.165, 1.54) is 0 Å². The molecule has 35 heavy (non-hydrogen) atoms. The molecule has 0 bridgehead atoms.